The Balaban J connectivity index is 2.09. The fourth-order valence-corrected chi connectivity index (χ4v) is 3.41. The van der Waals surface area contributed by atoms with E-state index in [1.54, 1.807) is 0 Å². The molecule has 1 aliphatic rings. The molecule has 1 aliphatic carbocycles. The van der Waals surface area contributed by atoms with Crippen LogP contribution in [0.5, 0.6) is 0 Å². The Morgan fingerprint density at radius 1 is 0.850 bits per heavy atom. The number of nitrogen functional groups attached to an aromatic ring is 1. The van der Waals surface area contributed by atoms with Gasteiger partial charge in [-0.05, 0) is 70.5 Å². The highest BCUT2D eigenvalue weighted by Crippen LogP contribution is 2.38. The zero-order valence-electron chi connectivity index (χ0n) is 11.6. The number of aryl methyl sites for hydroxylation is 3. The molecule has 0 saturated carbocycles. The molecule has 0 bridgehead atoms. The van der Waals surface area contributed by atoms with Gasteiger partial charge in [0.05, 0.1) is 0 Å². The Bertz CT molecular complexity index is 820. The summed E-state index contributed by atoms with van der Waals surface area (Å²) in [5.74, 6) is 0. The predicted octanol–water partition coefficient (Wildman–Crippen LogP) is 4.50. The molecule has 3 aromatic rings. The van der Waals surface area contributed by atoms with Crippen LogP contribution in [0.1, 0.15) is 16.7 Å². The minimum Gasteiger partial charge on any atom is -0.399 e. The van der Waals surface area contributed by atoms with Crippen molar-refractivity contribution in [3.8, 4) is 11.1 Å². The van der Waals surface area contributed by atoms with Crippen molar-refractivity contribution in [2.24, 2.45) is 0 Å². The normalized spacial score (nSPS) is 13.1. The number of rotatable bonds is 1. The Morgan fingerprint density at radius 3 is 2.50 bits per heavy atom. The molecule has 1 heteroatoms. The molecule has 0 radical (unpaired) electrons. The van der Waals surface area contributed by atoms with Gasteiger partial charge in [-0.2, -0.15) is 0 Å². The van der Waals surface area contributed by atoms with Crippen LogP contribution in [0.2, 0.25) is 0 Å². The zero-order chi connectivity index (χ0) is 13.7. The van der Waals surface area contributed by atoms with Gasteiger partial charge in [-0.1, -0.05) is 36.4 Å². The van der Waals surface area contributed by atoms with Gasteiger partial charge in [0.1, 0.15) is 0 Å². The van der Waals surface area contributed by atoms with Gasteiger partial charge in [-0.15, -0.1) is 0 Å². The molecular weight excluding hydrogens is 242 g/mol. The third-order valence-electron chi connectivity index (χ3n) is 4.43. The SMILES string of the molecule is Cc1ccc(N)cc1-c1ccc2c3c(cccc13)CC2. The van der Waals surface area contributed by atoms with Crippen molar-refractivity contribution in [3.05, 3.63) is 65.2 Å². The van der Waals surface area contributed by atoms with Gasteiger partial charge in [0, 0.05) is 5.69 Å². The summed E-state index contributed by atoms with van der Waals surface area (Å²) in [5.41, 5.74) is 13.6. The summed E-state index contributed by atoms with van der Waals surface area (Å²) in [7, 11) is 0. The second-order valence-corrected chi connectivity index (χ2v) is 5.69. The molecule has 0 unspecified atom stereocenters. The summed E-state index contributed by atoms with van der Waals surface area (Å²) >= 11 is 0. The van der Waals surface area contributed by atoms with Crippen LogP contribution >= 0.6 is 0 Å². The molecule has 0 aliphatic heterocycles. The predicted molar refractivity (Wildman–Crippen MR) is 85.9 cm³/mol. The Labute approximate surface area is 119 Å². The third-order valence-corrected chi connectivity index (χ3v) is 4.43. The molecule has 0 amide bonds. The van der Waals surface area contributed by atoms with Gasteiger partial charge in [-0.3, -0.25) is 0 Å². The molecule has 0 heterocycles. The molecule has 0 atom stereocenters. The first-order valence-corrected chi connectivity index (χ1v) is 7.14. The van der Waals surface area contributed by atoms with Crippen molar-refractivity contribution in [2.45, 2.75) is 19.8 Å². The van der Waals surface area contributed by atoms with E-state index in [9.17, 15) is 0 Å². The van der Waals surface area contributed by atoms with E-state index < -0.39 is 0 Å². The Kier molecular flexibility index (Phi) is 2.37. The third kappa shape index (κ3) is 1.56. The number of benzene rings is 3. The minimum atomic E-state index is 0.828. The van der Waals surface area contributed by atoms with Crippen molar-refractivity contribution in [2.75, 3.05) is 5.73 Å². The van der Waals surface area contributed by atoms with E-state index in [4.69, 9.17) is 5.73 Å². The summed E-state index contributed by atoms with van der Waals surface area (Å²) in [6.07, 6.45) is 2.35. The molecule has 2 N–H and O–H groups in total. The second kappa shape index (κ2) is 4.11. The smallest absolute Gasteiger partial charge is 0.0320 e. The minimum absolute atomic E-state index is 0.828. The van der Waals surface area contributed by atoms with Gasteiger partial charge in [0.25, 0.3) is 0 Å². The van der Waals surface area contributed by atoms with Crippen LogP contribution in [-0.2, 0) is 12.8 Å². The first kappa shape index (κ1) is 11.5. The van der Waals surface area contributed by atoms with Crippen molar-refractivity contribution < 1.29 is 0 Å². The van der Waals surface area contributed by atoms with Crippen molar-refractivity contribution in [1.82, 2.24) is 0 Å². The van der Waals surface area contributed by atoms with Crippen LogP contribution in [0.15, 0.2) is 48.5 Å². The maximum atomic E-state index is 5.98. The average molecular weight is 259 g/mol. The average Bonchev–Trinajstić information content (AvgIpc) is 2.88. The van der Waals surface area contributed by atoms with Crippen LogP contribution < -0.4 is 5.73 Å². The van der Waals surface area contributed by atoms with Crippen molar-refractivity contribution in [3.63, 3.8) is 0 Å². The lowest BCUT2D eigenvalue weighted by Crippen LogP contribution is -1.91. The summed E-state index contributed by atoms with van der Waals surface area (Å²) in [4.78, 5) is 0. The van der Waals surface area contributed by atoms with E-state index in [2.05, 4.69) is 49.4 Å². The second-order valence-electron chi connectivity index (χ2n) is 5.69. The quantitative estimate of drug-likeness (QED) is 0.640. The lowest BCUT2D eigenvalue weighted by molar-refractivity contribution is 1.02. The molecule has 0 fully saturated rings. The molecule has 0 aromatic heterocycles. The van der Waals surface area contributed by atoms with Gasteiger partial charge >= 0.3 is 0 Å². The standard InChI is InChI=1S/C19H17N/c1-12-5-9-15(20)11-18(12)16-10-8-14-7-6-13-3-2-4-17(16)19(13)14/h2-5,8-11H,6-7,20H2,1H3. The summed E-state index contributed by atoms with van der Waals surface area (Å²) < 4.78 is 0. The van der Waals surface area contributed by atoms with E-state index >= 15 is 0 Å². The summed E-state index contributed by atoms with van der Waals surface area (Å²) in [6, 6.07) is 17.4. The first-order valence-electron chi connectivity index (χ1n) is 7.14. The van der Waals surface area contributed by atoms with E-state index in [0.717, 1.165) is 5.69 Å². The molecule has 1 nitrogen and oxygen atoms in total. The largest absolute Gasteiger partial charge is 0.399 e. The zero-order valence-corrected chi connectivity index (χ0v) is 11.6. The molecule has 3 aromatic carbocycles. The van der Waals surface area contributed by atoms with E-state index in [-0.39, 0.29) is 0 Å². The number of hydrogen-bond acceptors (Lipinski definition) is 1. The highest BCUT2D eigenvalue weighted by atomic mass is 14.5. The highest BCUT2D eigenvalue weighted by molar-refractivity contribution is 6.02. The highest BCUT2D eigenvalue weighted by Gasteiger charge is 2.16. The van der Waals surface area contributed by atoms with E-state index in [0.29, 0.717) is 0 Å². The molecule has 4 rings (SSSR count). The fraction of sp³-hybridized carbons (Fsp3) is 0.158. The van der Waals surface area contributed by atoms with Gasteiger partial charge < -0.3 is 5.73 Å². The van der Waals surface area contributed by atoms with Crippen LogP contribution in [-0.4, -0.2) is 0 Å². The first-order chi connectivity index (χ1) is 9.74. The van der Waals surface area contributed by atoms with Gasteiger partial charge in [0.15, 0.2) is 0 Å². The molecule has 0 spiro atoms. The van der Waals surface area contributed by atoms with E-state index in [1.165, 1.54) is 51.4 Å². The summed E-state index contributed by atoms with van der Waals surface area (Å²) in [6.45, 7) is 2.15. The van der Waals surface area contributed by atoms with Crippen LogP contribution in [0.4, 0.5) is 5.69 Å². The topological polar surface area (TPSA) is 26.0 Å². The van der Waals surface area contributed by atoms with Gasteiger partial charge in [0.2, 0.25) is 0 Å². The molecule has 20 heavy (non-hydrogen) atoms. The molecule has 0 saturated heterocycles. The number of hydrogen-bond donors (Lipinski definition) is 1. The monoisotopic (exact) mass is 259 g/mol. The lowest BCUT2D eigenvalue weighted by Gasteiger charge is -2.12. The Hall–Kier alpha value is -2.28. The fourth-order valence-electron chi connectivity index (χ4n) is 3.41. The van der Waals surface area contributed by atoms with Gasteiger partial charge in [-0.25, -0.2) is 0 Å². The van der Waals surface area contributed by atoms with Crippen LogP contribution in [0, 0.1) is 6.92 Å². The van der Waals surface area contributed by atoms with Crippen molar-refractivity contribution >= 4 is 16.5 Å². The van der Waals surface area contributed by atoms with Crippen molar-refractivity contribution in [1.29, 1.82) is 0 Å². The number of nitrogens with two attached hydrogens (primary N) is 1. The van der Waals surface area contributed by atoms with E-state index in [1.807, 2.05) is 6.07 Å². The molecular formula is C19H17N. The Morgan fingerprint density at radius 2 is 1.65 bits per heavy atom. The molecule has 98 valence electrons. The van der Waals surface area contributed by atoms with Crippen LogP contribution in [0.3, 0.4) is 0 Å². The maximum Gasteiger partial charge on any atom is 0.0320 e. The van der Waals surface area contributed by atoms with Crippen LogP contribution in [0.25, 0.3) is 21.9 Å². The number of anilines is 1. The maximum absolute atomic E-state index is 5.98. The summed E-state index contributed by atoms with van der Waals surface area (Å²) in [5, 5.41) is 2.83. The lowest BCUT2D eigenvalue weighted by atomic mass is 9.93.